The van der Waals surface area contributed by atoms with Gasteiger partial charge < -0.3 is 78.9 Å². The maximum absolute atomic E-state index is 14.6. The summed E-state index contributed by atoms with van der Waals surface area (Å²) in [4.78, 5) is 43.4. The van der Waals surface area contributed by atoms with Crippen molar-refractivity contribution in [3.63, 3.8) is 0 Å². The summed E-state index contributed by atoms with van der Waals surface area (Å²) in [5, 5.41) is 72.3. The maximum atomic E-state index is 14.6. The lowest BCUT2D eigenvalue weighted by Crippen LogP contribution is -2.61. The number of aliphatic carboxylic acids is 1. The predicted molar refractivity (Wildman–Crippen MR) is 300 cm³/mol. The van der Waals surface area contributed by atoms with Crippen LogP contribution in [0.5, 0.6) is 0 Å². The molecule has 0 aromatic rings. The van der Waals surface area contributed by atoms with Gasteiger partial charge in [-0.3, -0.25) is 9.59 Å². The molecule has 444 valence electrons. The molecule has 23 heteroatoms. The number of hydrogen-bond acceptors (Lipinski definition) is 21. The molecule has 1 unspecified atom stereocenters. The van der Waals surface area contributed by atoms with Crippen molar-refractivity contribution >= 4 is 61.0 Å². The summed E-state index contributed by atoms with van der Waals surface area (Å²) in [6.45, 7) is 21.6. The molecule has 0 radical (unpaired) electrons. The van der Waals surface area contributed by atoms with Crippen molar-refractivity contribution in [3.05, 3.63) is 0 Å². The van der Waals surface area contributed by atoms with Gasteiger partial charge >= 0.3 is 11.9 Å². The molecular weight excluding hydrogens is 1060 g/mol. The fraction of sp³-hybridized carbons (Fsp3) is 0.943. The number of aliphatic hydroxyl groups excluding tert-OH is 3. The normalized spacial score (nSPS) is 42.8. The molecule has 0 aromatic carbocycles. The van der Waals surface area contributed by atoms with Gasteiger partial charge in [0.25, 0.3) is 0 Å². The molecule has 4 fully saturated rings. The molecule has 19 nitrogen and oxygen atoms in total. The number of likely N-dealkylation sites (N-methyl/N-ethyl adjacent to an activating group) is 2. The Labute approximate surface area is 469 Å². The lowest BCUT2D eigenvalue weighted by atomic mass is 9.77. The van der Waals surface area contributed by atoms with Gasteiger partial charge in [0.15, 0.2) is 18.9 Å². The third-order valence-corrected chi connectivity index (χ3v) is 22.3. The van der Waals surface area contributed by atoms with Gasteiger partial charge in [-0.15, -0.1) is 0 Å². The minimum absolute atomic E-state index is 0.0898. The van der Waals surface area contributed by atoms with E-state index in [1.165, 1.54) is 35.6 Å². The molecule has 4 aliphatic heterocycles. The second-order valence-electron chi connectivity index (χ2n) is 23.6. The summed E-state index contributed by atoms with van der Waals surface area (Å²) >= 11 is 0. The number of nitrogens with one attached hydrogen (secondary N) is 1. The first-order valence-electron chi connectivity index (χ1n) is 27.3. The highest BCUT2D eigenvalue weighted by molar-refractivity contribution is 8.77. The Morgan fingerprint density at radius 2 is 1.62 bits per heavy atom. The molecule has 0 spiro atoms. The topological polar surface area (TPSA) is 256 Å². The molecule has 4 heterocycles. The summed E-state index contributed by atoms with van der Waals surface area (Å²) in [5.41, 5.74) is -4.58. The summed E-state index contributed by atoms with van der Waals surface area (Å²) < 4.78 is 44.8. The fourth-order valence-corrected chi connectivity index (χ4v) is 16.8. The van der Waals surface area contributed by atoms with Gasteiger partial charge in [0.05, 0.1) is 46.3 Å². The summed E-state index contributed by atoms with van der Waals surface area (Å²) in [7, 11) is 13.3. The monoisotopic (exact) mass is 1160 g/mol. The molecular formula is C53H97N3O16S4. The van der Waals surface area contributed by atoms with Gasteiger partial charge in [-0.1, -0.05) is 70.4 Å². The van der Waals surface area contributed by atoms with Crippen molar-refractivity contribution in [1.29, 1.82) is 0 Å². The van der Waals surface area contributed by atoms with Crippen LogP contribution in [-0.4, -0.2) is 217 Å². The van der Waals surface area contributed by atoms with E-state index in [4.69, 9.17) is 33.2 Å². The molecule has 1 amide bonds. The third kappa shape index (κ3) is 18.1. The summed E-state index contributed by atoms with van der Waals surface area (Å²) in [6.07, 6.45) is -6.52. The van der Waals surface area contributed by atoms with E-state index < -0.39 is 119 Å². The molecule has 0 saturated carbocycles. The number of esters is 1. The van der Waals surface area contributed by atoms with Crippen LogP contribution >= 0.6 is 43.2 Å². The van der Waals surface area contributed by atoms with Crippen molar-refractivity contribution in [1.82, 2.24) is 15.1 Å². The van der Waals surface area contributed by atoms with E-state index in [9.17, 15) is 45.0 Å². The molecule has 4 aliphatic rings. The van der Waals surface area contributed by atoms with Crippen molar-refractivity contribution < 1.29 is 78.2 Å². The Kier molecular flexibility index (Phi) is 26.3. The Morgan fingerprint density at radius 1 is 0.947 bits per heavy atom. The number of carbonyl (C=O) groups is 3. The number of amides is 1. The van der Waals surface area contributed by atoms with Gasteiger partial charge in [-0.05, 0) is 134 Å². The lowest BCUT2D eigenvalue weighted by molar-refractivity contribution is -0.332. The number of aliphatic hydroxyl groups is 5. The second-order valence-corrected chi connectivity index (χ2v) is 29.3. The minimum Gasteiger partial charge on any atom is -0.480 e. The Morgan fingerprint density at radius 3 is 2.24 bits per heavy atom. The van der Waals surface area contributed by atoms with Gasteiger partial charge in [0.2, 0.25) is 5.91 Å². The SMILES string of the molecule is CC[C@H]1OC(=O)[C@H](C)[C@@H](O[C@H]2C[C@@](C)(OC)[C@@H](O)[C@H](C)O2)[C@H](C)[C@@H](O[C@@H]2O[C@H](C)C[C@H](N(C)C)[C@H]2O[C@H](O)CCCC[C@H]2CCSSC(C)(C)C(=O)NC(C(=O)O)CSS2)[C@](C)(O)C[C@@H](C)CN(C)[C@H](C)[C@@H](O)[C@]1(C)O. The number of carboxylic acid groups (broad SMARTS) is 1. The quantitative estimate of drug-likeness (QED) is 0.0450. The number of methoxy groups -OCH3 is 1. The third-order valence-electron chi connectivity index (χ3n) is 16.1. The zero-order chi connectivity index (χ0) is 57.2. The number of cyclic esters (lactones) is 1. The highest BCUT2D eigenvalue weighted by Crippen LogP contribution is 2.43. The Balaban J connectivity index is 1.67. The van der Waals surface area contributed by atoms with Crippen LogP contribution in [0.2, 0.25) is 0 Å². The van der Waals surface area contributed by atoms with E-state index in [1.54, 1.807) is 77.0 Å². The van der Waals surface area contributed by atoms with E-state index in [0.717, 1.165) is 25.0 Å². The average Bonchev–Trinajstić information content (AvgIpc) is 3.33. The van der Waals surface area contributed by atoms with E-state index in [1.807, 2.05) is 51.7 Å². The standard InChI is InChI=1S/C53H97N3O16S4/c1-17-38-53(12,65)43(58)33(6)56(15)27-29(2)25-51(10,64)45(31(4)41(32(5)47(62)69-38)71-40-26-52(11,66-16)44(59)34(7)68-40)72-48-42(37(55(13)14)24-30(3)67-48)70-39(57)21-19-18-20-35-22-23-73-76-50(8,9)49(63)54-36(46(60)61)28-74-75-35/h29-45,48,57-59,64-65H,17-28H2,1-16H3,(H,54,63)(H,60,61)/t29-,30-,31+,32-,33-,34+,35+,36?,37+,38-,39+,40+,41+,42-,43-,44+,45-,48+,51-,52-,53-/m1/s1. The average molecular weight is 1160 g/mol. The number of carbonyl (C=O) groups excluding carboxylic acids is 2. The number of rotatable bonds is 15. The van der Waals surface area contributed by atoms with Gasteiger partial charge in [0, 0.05) is 54.8 Å². The molecule has 0 bridgehead atoms. The first-order valence-corrected chi connectivity index (χ1v) is 32.0. The molecule has 21 atom stereocenters. The molecule has 0 aromatic heterocycles. The van der Waals surface area contributed by atoms with E-state index in [-0.39, 0.29) is 54.2 Å². The van der Waals surface area contributed by atoms with Crippen LogP contribution < -0.4 is 5.32 Å². The highest BCUT2D eigenvalue weighted by Gasteiger charge is 2.53. The Bertz CT molecular complexity index is 1830. The van der Waals surface area contributed by atoms with E-state index in [0.29, 0.717) is 25.8 Å². The van der Waals surface area contributed by atoms with Crippen molar-refractivity contribution in [2.75, 3.05) is 46.3 Å². The minimum atomic E-state index is -1.85. The molecule has 76 heavy (non-hydrogen) atoms. The number of carboxylic acids is 1. The van der Waals surface area contributed by atoms with Crippen molar-refractivity contribution in [2.45, 2.75) is 253 Å². The highest BCUT2D eigenvalue weighted by atomic mass is 33.1. The van der Waals surface area contributed by atoms with Crippen LogP contribution in [0, 0.1) is 17.8 Å². The summed E-state index contributed by atoms with van der Waals surface area (Å²) in [6, 6.07) is -1.89. The smallest absolute Gasteiger partial charge is 0.327 e. The number of hydrogen-bond donors (Lipinski definition) is 7. The van der Waals surface area contributed by atoms with Gasteiger partial charge in [-0.2, -0.15) is 0 Å². The van der Waals surface area contributed by atoms with Crippen LogP contribution in [0.3, 0.4) is 0 Å². The largest absolute Gasteiger partial charge is 0.480 e. The van der Waals surface area contributed by atoms with Crippen molar-refractivity contribution in [2.24, 2.45) is 17.8 Å². The molecule has 7 N–H and O–H groups in total. The van der Waals surface area contributed by atoms with E-state index in [2.05, 4.69) is 5.32 Å². The van der Waals surface area contributed by atoms with Crippen molar-refractivity contribution in [3.8, 4) is 0 Å². The molecule has 0 aliphatic carbocycles. The number of ether oxygens (including phenoxy) is 7. The van der Waals surface area contributed by atoms with Crippen LogP contribution in [0.15, 0.2) is 0 Å². The summed E-state index contributed by atoms with van der Waals surface area (Å²) in [5.74, 6) is -3.16. The van der Waals surface area contributed by atoms with Crippen LogP contribution in [-0.2, 0) is 47.5 Å². The second kappa shape index (κ2) is 29.5. The predicted octanol–water partition coefficient (Wildman–Crippen LogP) is 5.69. The van der Waals surface area contributed by atoms with Crippen LogP contribution in [0.25, 0.3) is 0 Å². The van der Waals surface area contributed by atoms with Crippen LogP contribution in [0.4, 0.5) is 0 Å². The molecule has 4 saturated heterocycles. The maximum Gasteiger partial charge on any atom is 0.327 e. The first-order chi connectivity index (χ1) is 35.3. The zero-order valence-corrected chi connectivity index (χ0v) is 51.4. The Hall–Kier alpha value is -0.710. The van der Waals surface area contributed by atoms with E-state index >= 15 is 0 Å². The first kappa shape index (κ1) is 67.8. The van der Waals surface area contributed by atoms with Crippen LogP contribution in [0.1, 0.15) is 141 Å². The fourth-order valence-electron chi connectivity index (χ4n) is 11.2. The van der Waals surface area contributed by atoms with Gasteiger partial charge in [0.1, 0.15) is 36.1 Å². The number of unbranched alkanes of at least 4 members (excludes halogenated alkanes) is 1. The lowest BCUT2D eigenvalue weighted by Gasteiger charge is -2.49. The molecule has 4 rings (SSSR count). The zero-order valence-electron chi connectivity index (χ0n) is 48.2. The van der Waals surface area contributed by atoms with Gasteiger partial charge in [-0.25, -0.2) is 4.79 Å². The number of nitrogens with zero attached hydrogens (tertiary/aromatic N) is 2.